The standard InChI is InChI=1S/C19H26N2O3S/c1-21(2)25(23,24)17-5-3-4-16(9-17)20-18(22)19-10-13-6-14(11-19)8-15(7-13)12-19/h3-5,9,13-15H,6-8,10-12H2,1-2H3,(H,20,22). The summed E-state index contributed by atoms with van der Waals surface area (Å²) >= 11 is 0. The Labute approximate surface area is 149 Å². The maximum Gasteiger partial charge on any atom is 0.242 e. The summed E-state index contributed by atoms with van der Waals surface area (Å²) in [4.78, 5) is 13.3. The number of anilines is 1. The predicted molar refractivity (Wildman–Crippen MR) is 96.5 cm³/mol. The van der Waals surface area contributed by atoms with Crippen LogP contribution in [0.1, 0.15) is 38.5 Å². The molecule has 4 aliphatic rings. The Morgan fingerprint density at radius 3 is 2.16 bits per heavy atom. The molecule has 1 aromatic carbocycles. The van der Waals surface area contributed by atoms with Gasteiger partial charge in [0.1, 0.15) is 0 Å². The zero-order valence-corrected chi connectivity index (χ0v) is 15.7. The number of nitrogens with one attached hydrogen (secondary N) is 1. The van der Waals surface area contributed by atoms with Crippen molar-refractivity contribution in [2.45, 2.75) is 43.4 Å². The van der Waals surface area contributed by atoms with Crippen molar-refractivity contribution in [2.24, 2.45) is 23.2 Å². The van der Waals surface area contributed by atoms with Crippen LogP contribution in [-0.4, -0.2) is 32.7 Å². The molecule has 0 aromatic heterocycles. The minimum Gasteiger partial charge on any atom is -0.326 e. The molecule has 5 nitrogen and oxygen atoms in total. The fourth-order valence-electron chi connectivity index (χ4n) is 5.60. The van der Waals surface area contributed by atoms with Crippen molar-refractivity contribution in [3.63, 3.8) is 0 Å². The Balaban J connectivity index is 1.56. The van der Waals surface area contributed by atoms with E-state index in [0.29, 0.717) is 23.4 Å². The largest absolute Gasteiger partial charge is 0.326 e. The Hall–Kier alpha value is -1.40. The zero-order valence-electron chi connectivity index (χ0n) is 14.9. The van der Waals surface area contributed by atoms with E-state index in [0.717, 1.165) is 19.3 Å². The van der Waals surface area contributed by atoms with Gasteiger partial charge in [0.05, 0.1) is 10.3 Å². The maximum absolute atomic E-state index is 13.1. The topological polar surface area (TPSA) is 66.5 Å². The van der Waals surface area contributed by atoms with Crippen LogP contribution in [0.4, 0.5) is 5.69 Å². The Bertz CT molecular complexity index is 765. The highest BCUT2D eigenvalue weighted by Crippen LogP contribution is 2.60. The second-order valence-corrected chi connectivity index (χ2v) is 10.6. The highest BCUT2D eigenvalue weighted by Gasteiger charge is 2.54. The summed E-state index contributed by atoms with van der Waals surface area (Å²) in [6.45, 7) is 0. The van der Waals surface area contributed by atoms with Gasteiger partial charge in [0.25, 0.3) is 0 Å². The van der Waals surface area contributed by atoms with Crippen LogP contribution in [0.15, 0.2) is 29.2 Å². The lowest BCUT2D eigenvalue weighted by atomic mass is 9.49. The van der Waals surface area contributed by atoms with Gasteiger partial charge in [-0.15, -0.1) is 0 Å². The molecule has 136 valence electrons. The van der Waals surface area contributed by atoms with E-state index in [1.165, 1.54) is 37.7 Å². The van der Waals surface area contributed by atoms with E-state index in [1.54, 1.807) is 24.3 Å². The molecule has 4 bridgehead atoms. The van der Waals surface area contributed by atoms with Crippen LogP contribution in [0.3, 0.4) is 0 Å². The maximum atomic E-state index is 13.1. The summed E-state index contributed by atoms with van der Waals surface area (Å²) < 4.78 is 25.8. The van der Waals surface area contributed by atoms with Crippen molar-refractivity contribution in [3.05, 3.63) is 24.3 Å². The number of carbonyl (C=O) groups excluding carboxylic acids is 1. The average molecular weight is 362 g/mol. The first-order valence-electron chi connectivity index (χ1n) is 9.12. The molecular weight excluding hydrogens is 336 g/mol. The summed E-state index contributed by atoms with van der Waals surface area (Å²) in [5, 5.41) is 3.03. The van der Waals surface area contributed by atoms with Crippen molar-refractivity contribution in [1.82, 2.24) is 4.31 Å². The number of sulfonamides is 1. The first-order valence-corrected chi connectivity index (χ1v) is 10.6. The third-order valence-electron chi connectivity index (χ3n) is 6.39. The zero-order chi connectivity index (χ0) is 17.8. The smallest absolute Gasteiger partial charge is 0.242 e. The Morgan fingerprint density at radius 1 is 1.08 bits per heavy atom. The fourth-order valence-corrected chi connectivity index (χ4v) is 6.55. The van der Waals surface area contributed by atoms with Crippen LogP contribution in [0.2, 0.25) is 0 Å². The van der Waals surface area contributed by atoms with Gasteiger partial charge in [0.15, 0.2) is 0 Å². The third kappa shape index (κ3) is 2.89. The first kappa shape index (κ1) is 17.0. The fraction of sp³-hybridized carbons (Fsp3) is 0.632. The van der Waals surface area contributed by atoms with Gasteiger partial charge in [0, 0.05) is 19.8 Å². The molecule has 4 aliphatic carbocycles. The number of benzene rings is 1. The number of amides is 1. The van der Waals surface area contributed by atoms with Crippen LogP contribution in [-0.2, 0) is 14.8 Å². The molecule has 6 heteroatoms. The summed E-state index contributed by atoms with van der Waals surface area (Å²) in [6, 6.07) is 6.59. The summed E-state index contributed by atoms with van der Waals surface area (Å²) in [5.41, 5.74) is 0.342. The molecule has 0 unspecified atom stereocenters. The van der Waals surface area contributed by atoms with Crippen LogP contribution < -0.4 is 5.32 Å². The summed E-state index contributed by atoms with van der Waals surface area (Å²) in [7, 11) is -0.478. The van der Waals surface area contributed by atoms with Crippen molar-refractivity contribution < 1.29 is 13.2 Å². The van der Waals surface area contributed by atoms with Crippen LogP contribution in [0, 0.1) is 23.2 Å². The molecule has 4 saturated carbocycles. The van der Waals surface area contributed by atoms with E-state index in [9.17, 15) is 13.2 Å². The molecular formula is C19H26N2O3S. The van der Waals surface area contributed by atoms with Gasteiger partial charge in [0.2, 0.25) is 15.9 Å². The molecule has 0 atom stereocenters. The van der Waals surface area contributed by atoms with Crippen molar-refractivity contribution in [2.75, 3.05) is 19.4 Å². The van der Waals surface area contributed by atoms with Gasteiger partial charge in [-0.25, -0.2) is 12.7 Å². The molecule has 0 heterocycles. The van der Waals surface area contributed by atoms with Gasteiger partial charge in [-0.1, -0.05) is 6.07 Å². The van der Waals surface area contributed by atoms with E-state index < -0.39 is 10.0 Å². The minimum absolute atomic E-state index is 0.0889. The van der Waals surface area contributed by atoms with Crippen molar-refractivity contribution in [3.8, 4) is 0 Å². The lowest BCUT2D eigenvalue weighted by Crippen LogP contribution is -2.51. The van der Waals surface area contributed by atoms with Crippen molar-refractivity contribution in [1.29, 1.82) is 0 Å². The monoisotopic (exact) mass is 362 g/mol. The lowest BCUT2D eigenvalue weighted by Gasteiger charge is -2.55. The van der Waals surface area contributed by atoms with E-state index >= 15 is 0 Å². The first-order chi connectivity index (χ1) is 11.8. The molecule has 0 spiro atoms. The molecule has 1 aromatic rings. The number of rotatable bonds is 4. The minimum atomic E-state index is -3.50. The van der Waals surface area contributed by atoms with Crippen LogP contribution in [0.25, 0.3) is 0 Å². The summed E-state index contributed by atoms with van der Waals surface area (Å²) in [5.74, 6) is 2.21. The highest BCUT2D eigenvalue weighted by atomic mass is 32.2. The molecule has 1 amide bonds. The molecule has 0 radical (unpaired) electrons. The third-order valence-corrected chi connectivity index (χ3v) is 8.20. The molecule has 5 rings (SSSR count). The van der Waals surface area contributed by atoms with E-state index in [2.05, 4.69) is 5.32 Å². The van der Waals surface area contributed by atoms with E-state index in [1.807, 2.05) is 0 Å². The van der Waals surface area contributed by atoms with Gasteiger partial charge in [-0.3, -0.25) is 4.79 Å². The summed E-state index contributed by atoms with van der Waals surface area (Å²) in [6.07, 6.45) is 6.89. The van der Waals surface area contributed by atoms with E-state index in [4.69, 9.17) is 0 Å². The van der Waals surface area contributed by atoms with Gasteiger partial charge in [-0.2, -0.15) is 0 Å². The molecule has 0 saturated heterocycles. The molecule has 1 N–H and O–H groups in total. The second-order valence-electron chi connectivity index (χ2n) is 8.47. The number of hydrogen-bond acceptors (Lipinski definition) is 3. The molecule has 0 aliphatic heterocycles. The number of hydrogen-bond donors (Lipinski definition) is 1. The van der Waals surface area contributed by atoms with Gasteiger partial charge >= 0.3 is 0 Å². The predicted octanol–water partition coefficient (Wildman–Crippen LogP) is 3.09. The highest BCUT2D eigenvalue weighted by molar-refractivity contribution is 7.89. The van der Waals surface area contributed by atoms with E-state index in [-0.39, 0.29) is 16.2 Å². The van der Waals surface area contributed by atoms with Crippen LogP contribution >= 0.6 is 0 Å². The molecule has 25 heavy (non-hydrogen) atoms. The SMILES string of the molecule is CN(C)S(=O)(=O)c1cccc(NC(=O)C23CC4CC(CC(C4)C2)C3)c1. The normalized spacial score (nSPS) is 33.6. The number of carbonyl (C=O) groups is 1. The van der Waals surface area contributed by atoms with Gasteiger partial charge < -0.3 is 5.32 Å². The Morgan fingerprint density at radius 2 is 1.64 bits per heavy atom. The van der Waals surface area contributed by atoms with Crippen molar-refractivity contribution >= 4 is 21.6 Å². The van der Waals surface area contributed by atoms with Crippen LogP contribution in [0.5, 0.6) is 0 Å². The Kier molecular flexibility index (Phi) is 3.96. The number of nitrogens with zero attached hydrogens (tertiary/aromatic N) is 1. The average Bonchev–Trinajstić information content (AvgIpc) is 2.53. The second kappa shape index (κ2) is 5.81. The van der Waals surface area contributed by atoms with Gasteiger partial charge in [-0.05, 0) is 74.5 Å². The lowest BCUT2D eigenvalue weighted by molar-refractivity contribution is -0.140. The quantitative estimate of drug-likeness (QED) is 0.895. The molecule has 4 fully saturated rings.